The molecule has 0 saturated heterocycles. The average Bonchev–Trinajstić information content (AvgIpc) is 2.50. The standard InChI is InChI=1S/C7H7N5OS/c8-12-6(10-11-7(12)14)4-1-2-5(13)9-3-4/h1-3H,8H2,(H,9,13)(H,11,14). The van der Waals surface area contributed by atoms with Crippen LogP contribution in [0.15, 0.2) is 23.1 Å². The van der Waals surface area contributed by atoms with Gasteiger partial charge in [-0.05, 0) is 18.3 Å². The summed E-state index contributed by atoms with van der Waals surface area (Å²) < 4.78 is 1.56. The lowest BCUT2D eigenvalue weighted by Gasteiger charge is -1.98. The fraction of sp³-hybridized carbons (Fsp3) is 0. The van der Waals surface area contributed by atoms with Crippen LogP contribution >= 0.6 is 12.2 Å². The molecule has 0 amide bonds. The first-order valence-electron chi connectivity index (χ1n) is 3.80. The van der Waals surface area contributed by atoms with E-state index in [4.69, 9.17) is 18.1 Å². The number of pyridine rings is 1. The van der Waals surface area contributed by atoms with Crippen molar-refractivity contribution in [2.24, 2.45) is 0 Å². The maximum absolute atomic E-state index is 10.8. The van der Waals surface area contributed by atoms with Crippen LogP contribution in [0.25, 0.3) is 11.4 Å². The largest absolute Gasteiger partial charge is 0.335 e. The molecule has 0 radical (unpaired) electrons. The maximum Gasteiger partial charge on any atom is 0.247 e. The van der Waals surface area contributed by atoms with Gasteiger partial charge in [-0.25, -0.2) is 9.77 Å². The molecular formula is C7H7N5OS. The molecule has 7 heteroatoms. The van der Waals surface area contributed by atoms with E-state index >= 15 is 0 Å². The van der Waals surface area contributed by atoms with Crippen LogP contribution in [0.1, 0.15) is 0 Å². The summed E-state index contributed by atoms with van der Waals surface area (Å²) in [5.41, 5.74) is 0.519. The lowest BCUT2D eigenvalue weighted by molar-refractivity contribution is 0.982. The van der Waals surface area contributed by atoms with Crippen LogP contribution < -0.4 is 11.4 Å². The van der Waals surface area contributed by atoms with Gasteiger partial charge in [0.05, 0.1) is 0 Å². The molecule has 0 aliphatic carbocycles. The SMILES string of the molecule is Nn1c(-c2ccc(=O)[nH]c2)n[nH]c1=S. The third-order valence-corrected chi connectivity index (χ3v) is 2.03. The molecule has 2 rings (SSSR count). The summed E-state index contributed by atoms with van der Waals surface area (Å²) in [6.45, 7) is 0. The highest BCUT2D eigenvalue weighted by Crippen LogP contribution is 2.11. The number of aromatic nitrogens is 4. The molecule has 14 heavy (non-hydrogen) atoms. The number of H-pyrrole nitrogens is 2. The number of nitrogens with one attached hydrogen (secondary N) is 2. The summed E-state index contributed by atoms with van der Waals surface area (Å²) in [6, 6.07) is 3.01. The van der Waals surface area contributed by atoms with Gasteiger partial charge >= 0.3 is 0 Å². The fourth-order valence-electron chi connectivity index (χ4n) is 1.06. The topological polar surface area (TPSA) is 92.5 Å². The summed E-state index contributed by atoms with van der Waals surface area (Å²) in [4.78, 5) is 13.3. The van der Waals surface area contributed by atoms with E-state index in [2.05, 4.69) is 15.2 Å². The van der Waals surface area contributed by atoms with Gasteiger partial charge in [-0.3, -0.25) is 4.79 Å². The molecule has 2 aromatic rings. The van der Waals surface area contributed by atoms with E-state index in [0.717, 1.165) is 0 Å². The van der Waals surface area contributed by atoms with E-state index in [0.29, 0.717) is 16.2 Å². The average molecular weight is 209 g/mol. The number of rotatable bonds is 1. The van der Waals surface area contributed by atoms with Crippen LogP contribution in [-0.2, 0) is 0 Å². The zero-order chi connectivity index (χ0) is 10.1. The molecule has 0 atom stereocenters. The highest BCUT2D eigenvalue weighted by atomic mass is 32.1. The second kappa shape index (κ2) is 3.11. The Morgan fingerprint density at radius 3 is 2.79 bits per heavy atom. The van der Waals surface area contributed by atoms with E-state index in [1.165, 1.54) is 16.9 Å². The second-order valence-corrected chi connectivity index (χ2v) is 3.05. The lowest BCUT2D eigenvalue weighted by atomic mass is 10.3. The molecule has 0 bridgehead atoms. The van der Waals surface area contributed by atoms with Crippen molar-refractivity contribution in [3.8, 4) is 11.4 Å². The van der Waals surface area contributed by atoms with Crippen LogP contribution in [0.3, 0.4) is 0 Å². The van der Waals surface area contributed by atoms with Crippen LogP contribution in [0.4, 0.5) is 0 Å². The molecular weight excluding hydrogens is 202 g/mol. The molecule has 2 heterocycles. The van der Waals surface area contributed by atoms with E-state index in [9.17, 15) is 4.79 Å². The minimum Gasteiger partial charge on any atom is -0.335 e. The Morgan fingerprint density at radius 1 is 1.50 bits per heavy atom. The minimum atomic E-state index is -0.175. The summed E-state index contributed by atoms with van der Waals surface area (Å²) >= 11 is 4.85. The number of aromatic amines is 2. The van der Waals surface area contributed by atoms with E-state index in [-0.39, 0.29) is 5.56 Å². The summed E-state index contributed by atoms with van der Waals surface area (Å²) in [5, 5.41) is 6.46. The van der Waals surface area contributed by atoms with Gasteiger partial charge in [0.25, 0.3) is 0 Å². The number of hydrogen-bond acceptors (Lipinski definition) is 4. The third kappa shape index (κ3) is 1.33. The number of hydrogen-bond donors (Lipinski definition) is 3. The molecule has 6 nitrogen and oxygen atoms in total. The van der Waals surface area contributed by atoms with Gasteiger partial charge in [0, 0.05) is 17.8 Å². The van der Waals surface area contributed by atoms with Gasteiger partial charge in [-0.1, -0.05) is 0 Å². The van der Waals surface area contributed by atoms with Gasteiger partial charge in [-0.15, -0.1) is 0 Å². The molecule has 0 saturated carbocycles. The normalized spacial score (nSPS) is 10.3. The third-order valence-electron chi connectivity index (χ3n) is 1.75. The molecule has 0 aliphatic rings. The van der Waals surface area contributed by atoms with Gasteiger partial charge in [-0.2, -0.15) is 5.10 Å². The Bertz CT molecular complexity index is 545. The van der Waals surface area contributed by atoms with Crippen molar-refractivity contribution < 1.29 is 0 Å². The minimum absolute atomic E-state index is 0.175. The predicted molar refractivity (Wildman–Crippen MR) is 53.6 cm³/mol. The van der Waals surface area contributed by atoms with Gasteiger partial charge in [0.2, 0.25) is 10.3 Å². The molecule has 0 fully saturated rings. The van der Waals surface area contributed by atoms with Crippen LogP contribution in [0.2, 0.25) is 0 Å². The molecule has 2 aromatic heterocycles. The Hall–Kier alpha value is -1.89. The monoisotopic (exact) mass is 209 g/mol. The van der Waals surface area contributed by atoms with Crippen molar-refractivity contribution in [3.63, 3.8) is 0 Å². The smallest absolute Gasteiger partial charge is 0.247 e. The fourth-order valence-corrected chi connectivity index (χ4v) is 1.19. The van der Waals surface area contributed by atoms with Gasteiger partial charge in [0.1, 0.15) is 0 Å². The second-order valence-electron chi connectivity index (χ2n) is 2.66. The van der Waals surface area contributed by atoms with Crippen molar-refractivity contribution in [2.75, 3.05) is 5.84 Å². The van der Waals surface area contributed by atoms with Gasteiger partial charge < -0.3 is 10.8 Å². The first-order chi connectivity index (χ1) is 6.68. The molecule has 0 aromatic carbocycles. The lowest BCUT2D eigenvalue weighted by Crippen LogP contribution is -2.11. The van der Waals surface area contributed by atoms with Crippen molar-refractivity contribution in [2.45, 2.75) is 0 Å². The van der Waals surface area contributed by atoms with Crippen molar-refractivity contribution in [1.82, 2.24) is 19.9 Å². The first-order valence-corrected chi connectivity index (χ1v) is 4.21. The van der Waals surface area contributed by atoms with Crippen LogP contribution in [0.5, 0.6) is 0 Å². The van der Waals surface area contributed by atoms with Crippen molar-refractivity contribution in [1.29, 1.82) is 0 Å². The molecule has 0 unspecified atom stereocenters. The predicted octanol–water partition coefficient (Wildman–Crippen LogP) is 0.00979. The quantitative estimate of drug-likeness (QED) is 0.455. The highest BCUT2D eigenvalue weighted by molar-refractivity contribution is 7.71. The molecule has 0 spiro atoms. The first kappa shape index (κ1) is 8.70. The van der Waals surface area contributed by atoms with Crippen molar-refractivity contribution >= 4 is 12.2 Å². The van der Waals surface area contributed by atoms with E-state index in [1.807, 2.05) is 0 Å². The maximum atomic E-state index is 10.8. The van der Waals surface area contributed by atoms with Gasteiger partial charge in [0.15, 0.2) is 5.82 Å². The van der Waals surface area contributed by atoms with E-state index in [1.54, 1.807) is 6.07 Å². The number of nitrogens with zero attached hydrogens (tertiary/aromatic N) is 2. The Kier molecular flexibility index (Phi) is 1.93. The Morgan fingerprint density at radius 2 is 2.29 bits per heavy atom. The number of nitrogen functional groups attached to an aromatic ring is 1. The zero-order valence-electron chi connectivity index (χ0n) is 7.02. The highest BCUT2D eigenvalue weighted by Gasteiger charge is 2.05. The number of nitrogens with two attached hydrogens (primary N) is 1. The van der Waals surface area contributed by atoms with Crippen molar-refractivity contribution in [3.05, 3.63) is 33.5 Å². The van der Waals surface area contributed by atoms with Crippen LogP contribution in [0, 0.1) is 4.77 Å². The summed E-state index contributed by atoms with van der Waals surface area (Å²) in [6.07, 6.45) is 1.52. The Labute approximate surface area is 83.4 Å². The molecule has 4 N–H and O–H groups in total. The molecule has 0 aliphatic heterocycles. The van der Waals surface area contributed by atoms with E-state index < -0.39 is 0 Å². The molecule has 72 valence electrons. The van der Waals surface area contributed by atoms with Crippen LogP contribution in [-0.4, -0.2) is 19.9 Å². The summed E-state index contributed by atoms with van der Waals surface area (Å²) in [7, 11) is 0. The Balaban J connectivity index is 2.60. The zero-order valence-corrected chi connectivity index (χ0v) is 7.84. The summed E-state index contributed by atoms with van der Waals surface area (Å²) in [5.74, 6) is 6.08.